The van der Waals surface area contributed by atoms with Gasteiger partial charge in [-0.1, -0.05) is 27.7 Å². The van der Waals surface area contributed by atoms with Crippen LogP contribution in [0.3, 0.4) is 0 Å². The third kappa shape index (κ3) is 6.30. The molecule has 0 aromatic rings. The van der Waals surface area contributed by atoms with Crippen LogP contribution in [0.2, 0.25) is 0 Å². The van der Waals surface area contributed by atoms with Crippen molar-refractivity contribution in [2.45, 2.75) is 77.8 Å². The SMILES string of the molecule is CCC(O)C(=C(C(O)CC)C(O)CC)C(O)CC.N.N. The number of rotatable bonds is 8. The summed E-state index contributed by atoms with van der Waals surface area (Å²) in [5, 5.41) is 40.2. The van der Waals surface area contributed by atoms with Crippen LogP contribution in [0.15, 0.2) is 11.1 Å². The highest BCUT2D eigenvalue weighted by molar-refractivity contribution is 5.28. The quantitative estimate of drug-likeness (QED) is 0.375. The van der Waals surface area contributed by atoms with Crippen LogP contribution in [0.25, 0.3) is 0 Å². The zero-order valence-electron chi connectivity index (χ0n) is 13.3. The van der Waals surface area contributed by atoms with Gasteiger partial charge in [0.1, 0.15) is 0 Å². The molecule has 0 aliphatic carbocycles. The number of hydrogen-bond donors (Lipinski definition) is 6. The fraction of sp³-hybridized carbons (Fsp3) is 0.857. The Bertz CT molecular complexity index is 222. The summed E-state index contributed by atoms with van der Waals surface area (Å²) >= 11 is 0. The zero-order valence-corrected chi connectivity index (χ0v) is 13.3. The first-order chi connectivity index (χ1) is 8.44. The van der Waals surface area contributed by atoms with Gasteiger partial charge in [0.15, 0.2) is 0 Å². The highest BCUT2D eigenvalue weighted by Crippen LogP contribution is 2.26. The molecule has 0 fully saturated rings. The standard InChI is InChI=1S/C14H28O4.2H3N/c1-5-9(15)13(10(16)6-2)14(11(17)7-3)12(18)8-4;;/h9-12,15-18H,5-8H2,1-4H3;2*1H3. The van der Waals surface area contributed by atoms with E-state index in [0.717, 1.165) is 0 Å². The van der Waals surface area contributed by atoms with Gasteiger partial charge in [-0.3, -0.25) is 0 Å². The van der Waals surface area contributed by atoms with Crippen molar-refractivity contribution < 1.29 is 20.4 Å². The predicted octanol–water partition coefficient (Wildman–Crippen LogP) is 1.69. The summed E-state index contributed by atoms with van der Waals surface area (Å²) in [6.07, 6.45) is -1.50. The van der Waals surface area contributed by atoms with Crippen molar-refractivity contribution in [1.29, 1.82) is 0 Å². The summed E-state index contributed by atoms with van der Waals surface area (Å²) in [5.41, 5.74) is 0.785. The maximum atomic E-state index is 10.0. The molecule has 0 spiro atoms. The van der Waals surface area contributed by atoms with E-state index in [0.29, 0.717) is 36.8 Å². The fourth-order valence-electron chi connectivity index (χ4n) is 2.09. The molecule has 0 aliphatic heterocycles. The minimum atomic E-state index is -0.822. The Balaban J connectivity index is -0.00000144. The van der Waals surface area contributed by atoms with E-state index in [9.17, 15) is 20.4 Å². The van der Waals surface area contributed by atoms with Crippen LogP contribution in [-0.2, 0) is 0 Å². The van der Waals surface area contributed by atoms with Crippen LogP contribution in [0.5, 0.6) is 0 Å². The maximum absolute atomic E-state index is 10.0. The highest BCUT2D eigenvalue weighted by Gasteiger charge is 2.28. The molecule has 4 unspecified atom stereocenters. The second kappa shape index (κ2) is 12.3. The Morgan fingerprint density at radius 1 is 0.550 bits per heavy atom. The molecular formula is C14H34N2O4. The second-order valence-electron chi connectivity index (χ2n) is 4.61. The maximum Gasteiger partial charge on any atom is 0.0776 e. The van der Waals surface area contributed by atoms with Crippen molar-refractivity contribution in [1.82, 2.24) is 12.3 Å². The van der Waals surface area contributed by atoms with E-state index < -0.39 is 24.4 Å². The summed E-state index contributed by atoms with van der Waals surface area (Å²) in [7, 11) is 0. The Morgan fingerprint density at radius 2 is 0.700 bits per heavy atom. The molecule has 0 rings (SSSR count). The molecule has 0 radical (unpaired) electrons. The van der Waals surface area contributed by atoms with E-state index in [-0.39, 0.29) is 12.3 Å². The lowest BCUT2D eigenvalue weighted by Crippen LogP contribution is -2.32. The van der Waals surface area contributed by atoms with Gasteiger partial charge in [-0.25, -0.2) is 0 Å². The lowest BCUT2D eigenvalue weighted by atomic mass is 9.87. The van der Waals surface area contributed by atoms with E-state index in [1.54, 1.807) is 27.7 Å². The molecule has 0 bridgehead atoms. The third-order valence-electron chi connectivity index (χ3n) is 3.32. The van der Waals surface area contributed by atoms with Gasteiger partial charge in [-0.05, 0) is 36.8 Å². The minimum Gasteiger partial charge on any atom is -0.389 e. The van der Waals surface area contributed by atoms with Gasteiger partial charge in [0.25, 0.3) is 0 Å². The largest absolute Gasteiger partial charge is 0.389 e. The number of aliphatic hydroxyl groups is 4. The predicted molar refractivity (Wildman–Crippen MR) is 82.3 cm³/mol. The minimum absolute atomic E-state index is 0. The van der Waals surface area contributed by atoms with Crippen molar-refractivity contribution in [3.8, 4) is 0 Å². The molecule has 10 N–H and O–H groups in total. The van der Waals surface area contributed by atoms with Crippen molar-refractivity contribution in [3.63, 3.8) is 0 Å². The summed E-state index contributed by atoms with van der Waals surface area (Å²) in [6.45, 7) is 7.23. The topological polar surface area (TPSA) is 151 Å². The Labute approximate surface area is 122 Å². The smallest absolute Gasteiger partial charge is 0.0776 e. The molecule has 124 valence electrons. The summed E-state index contributed by atoms with van der Waals surface area (Å²) in [4.78, 5) is 0. The molecular weight excluding hydrogens is 260 g/mol. The van der Waals surface area contributed by atoms with Gasteiger partial charge in [0, 0.05) is 0 Å². The van der Waals surface area contributed by atoms with Crippen molar-refractivity contribution in [3.05, 3.63) is 11.1 Å². The second-order valence-corrected chi connectivity index (χ2v) is 4.61. The number of hydrogen-bond acceptors (Lipinski definition) is 6. The zero-order chi connectivity index (χ0) is 14.3. The van der Waals surface area contributed by atoms with E-state index in [4.69, 9.17) is 0 Å². The van der Waals surface area contributed by atoms with Crippen molar-refractivity contribution in [2.24, 2.45) is 0 Å². The van der Waals surface area contributed by atoms with Gasteiger partial charge < -0.3 is 32.7 Å². The van der Waals surface area contributed by atoms with Crippen LogP contribution in [0.4, 0.5) is 0 Å². The Kier molecular flexibility index (Phi) is 15.0. The average molecular weight is 294 g/mol. The van der Waals surface area contributed by atoms with E-state index in [2.05, 4.69) is 0 Å². The molecule has 0 amide bonds. The number of aliphatic hydroxyl groups excluding tert-OH is 4. The third-order valence-corrected chi connectivity index (χ3v) is 3.32. The molecule has 0 saturated heterocycles. The van der Waals surface area contributed by atoms with Crippen LogP contribution >= 0.6 is 0 Å². The van der Waals surface area contributed by atoms with Gasteiger partial charge in [-0.15, -0.1) is 0 Å². The molecule has 0 aliphatic rings. The van der Waals surface area contributed by atoms with Crippen LogP contribution in [0.1, 0.15) is 53.4 Å². The molecule has 6 nitrogen and oxygen atoms in total. The lowest BCUT2D eigenvalue weighted by molar-refractivity contribution is 0.103. The van der Waals surface area contributed by atoms with E-state index >= 15 is 0 Å². The first-order valence-corrected chi connectivity index (χ1v) is 6.90. The molecule has 20 heavy (non-hydrogen) atoms. The molecule has 0 aromatic carbocycles. The van der Waals surface area contributed by atoms with Gasteiger partial charge in [0.05, 0.1) is 24.4 Å². The van der Waals surface area contributed by atoms with Gasteiger partial charge >= 0.3 is 0 Å². The van der Waals surface area contributed by atoms with Crippen LogP contribution in [-0.4, -0.2) is 44.8 Å². The molecule has 4 atom stereocenters. The molecule has 0 heterocycles. The molecule has 0 aromatic heterocycles. The normalized spacial score (nSPS) is 16.2. The van der Waals surface area contributed by atoms with Crippen LogP contribution < -0.4 is 12.3 Å². The lowest BCUT2D eigenvalue weighted by Gasteiger charge is -2.28. The average Bonchev–Trinajstić information content (AvgIpc) is 2.41. The molecule has 0 saturated carbocycles. The van der Waals surface area contributed by atoms with Crippen molar-refractivity contribution >= 4 is 0 Å². The first kappa shape index (κ1) is 24.5. The van der Waals surface area contributed by atoms with E-state index in [1.165, 1.54) is 0 Å². The van der Waals surface area contributed by atoms with Gasteiger partial charge in [-0.2, -0.15) is 0 Å². The molecule has 6 heteroatoms. The monoisotopic (exact) mass is 294 g/mol. The Morgan fingerprint density at radius 3 is 0.800 bits per heavy atom. The highest BCUT2D eigenvalue weighted by atomic mass is 16.3. The summed E-state index contributed by atoms with van der Waals surface area (Å²) < 4.78 is 0. The van der Waals surface area contributed by atoms with E-state index in [1.807, 2.05) is 0 Å². The Hall–Kier alpha value is -0.500. The summed E-state index contributed by atoms with van der Waals surface area (Å²) in [6, 6.07) is 0. The van der Waals surface area contributed by atoms with Crippen molar-refractivity contribution in [2.75, 3.05) is 0 Å². The van der Waals surface area contributed by atoms with Gasteiger partial charge in [0.2, 0.25) is 0 Å². The summed E-state index contributed by atoms with van der Waals surface area (Å²) in [5.74, 6) is 0. The first-order valence-electron chi connectivity index (χ1n) is 6.90. The fourth-order valence-corrected chi connectivity index (χ4v) is 2.09. The van der Waals surface area contributed by atoms with Crippen LogP contribution in [0, 0.1) is 0 Å².